The van der Waals surface area contributed by atoms with E-state index in [-0.39, 0.29) is 16.9 Å². The maximum atomic E-state index is 12.8. The highest BCUT2D eigenvalue weighted by Crippen LogP contribution is 2.28. The first-order valence-electron chi connectivity index (χ1n) is 6.83. The maximum absolute atomic E-state index is 12.8. The Labute approximate surface area is 121 Å². The summed E-state index contributed by atoms with van der Waals surface area (Å²) in [5.41, 5.74) is -0.894. The summed E-state index contributed by atoms with van der Waals surface area (Å²) in [6.45, 7) is 2.43. The molecule has 0 aliphatic rings. The fraction of sp³-hybridized carbons (Fsp3) is 0.500. The van der Waals surface area contributed by atoms with E-state index in [9.17, 15) is 18.0 Å². The molecule has 0 amide bonds. The molecule has 0 bridgehead atoms. The van der Waals surface area contributed by atoms with E-state index in [2.05, 4.69) is 20.2 Å². The van der Waals surface area contributed by atoms with E-state index >= 15 is 0 Å². The minimum absolute atomic E-state index is 0.0473. The average Bonchev–Trinajstić information content (AvgIpc) is 3.08. The minimum Gasteiger partial charge on any atom is -0.328 e. The van der Waals surface area contributed by atoms with E-state index in [0.717, 1.165) is 23.7 Å². The first-order chi connectivity index (χ1) is 10.4. The smallest absolute Gasteiger partial charge is 0.328 e. The van der Waals surface area contributed by atoms with Crippen molar-refractivity contribution in [1.29, 1.82) is 0 Å². The van der Waals surface area contributed by atoms with Crippen molar-refractivity contribution in [1.82, 2.24) is 29.1 Å². The second kappa shape index (κ2) is 5.11. The van der Waals surface area contributed by atoms with Gasteiger partial charge in [0.15, 0.2) is 11.2 Å². The molecule has 0 saturated heterocycles. The van der Waals surface area contributed by atoms with Crippen molar-refractivity contribution < 1.29 is 13.2 Å². The van der Waals surface area contributed by atoms with Crippen molar-refractivity contribution in [2.75, 3.05) is 0 Å². The second-order valence-corrected chi connectivity index (χ2v) is 4.95. The van der Waals surface area contributed by atoms with Crippen LogP contribution in [0.15, 0.2) is 11.1 Å². The van der Waals surface area contributed by atoms with Crippen molar-refractivity contribution in [3.8, 4) is 0 Å². The zero-order chi connectivity index (χ0) is 15.9. The van der Waals surface area contributed by atoms with Gasteiger partial charge in [-0.3, -0.25) is 9.36 Å². The Balaban J connectivity index is 2.27. The Morgan fingerprint density at radius 2 is 2.09 bits per heavy atom. The molecule has 3 aromatic heterocycles. The zero-order valence-corrected chi connectivity index (χ0v) is 11.7. The number of nitrogens with zero attached hydrogens (tertiary/aromatic N) is 5. The molecule has 118 valence electrons. The third-order valence-corrected chi connectivity index (χ3v) is 3.40. The number of hydrogen-bond acceptors (Lipinski definition) is 4. The number of aromatic nitrogens is 6. The topological polar surface area (TPSA) is 80.9 Å². The third-order valence-electron chi connectivity index (χ3n) is 3.40. The molecule has 0 saturated carbocycles. The Morgan fingerprint density at radius 3 is 2.77 bits per heavy atom. The number of fused-ring (bicyclic) bond motifs is 2. The number of nitrogens with one attached hydrogen (secondary N) is 1. The Morgan fingerprint density at radius 1 is 1.32 bits per heavy atom. The summed E-state index contributed by atoms with van der Waals surface area (Å²) < 4.78 is 41.1. The standard InChI is InChI=1S/C12H13F3N6O/c1-2-3-4-5-20-8-7(17-10(18-8)12(13,14)15)9(22)21-6-16-19-11(20)21/h6H,2-5H2,1H3,(H,17,18). The summed E-state index contributed by atoms with van der Waals surface area (Å²) in [6.07, 6.45) is -0.856. The molecule has 0 atom stereocenters. The number of aromatic amines is 1. The summed E-state index contributed by atoms with van der Waals surface area (Å²) in [5.74, 6) is -1.00. The zero-order valence-electron chi connectivity index (χ0n) is 11.7. The van der Waals surface area contributed by atoms with Gasteiger partial charge in [0, 0.05) is 6.54 Å². The van der Waals surface area contributed by atoms with Gasteiger partial charge >= 0.3 is 6.18 Å². The van der Waals surface area contributed by atoms with E-state index in [1.807, 2.05) is 6.92 Å². The van der Waals surface area contributed by atoms with Gasteiger partial charge in [-0.1, -0.05) is 19.8 Å². The normalized spacial score (nSPS) is 12.5. The Kier molecular flexibility index (Phi) is 3.38. The number of unbranched alkanes of at least 4 members (excludes halogenated alkanes) is 2. The van der Waals surface area contributed by atoms with Gasteiger partial charge in [-0.2, -0.15) is 13.2 Å². The Hall–Kier alpha value is -2.39. The summed E-state index contributed by atoms with van der Waals surface area (Å²) in [5, 5.41) is 7.47. The Bertz CT molecular complexity index is 875. The molecule has 0 unspecified atom stereocenters. The number of halogens is 3. The van der Waals surface area contributed by atoms with Gasteiger partial charge in [0.05, 0.1) is 0 Å². The molecule has 22 heavy (non-hydrogen) atoms. The molecular formula is C12H13F3N6O. The molecule has 0 aliphatic carbocycles. The van der Waals surface area contributed by atoms with Crippen LogP contribution >= 0.6 is 0 Å². The van der Waals surface area contributed by atoms with Crippen molar-refractivity contribution in [3.05, 3.63) is 22.5 Å². The van der Waals surface area contributed by atoms with Crippen LogP contribution in [0.3, 0.4) is 0 Å². The van der Waals surface area contributed by atoms with Crippen LogP contribution in [-0.4, -0.2) is 29.1 Å². The van der Waals surface area contributed by atoms with Gasteiger partial charge in [-0.25, -0.2) is 9.38 Å². The molecular weight excluding hydrogens is 301 g/mol. The highest BCUT2D eigenvalue weighted by atomic mass is 19.4. The lowest BCUT2D eigenvalue weighted by molar-refractivity contribution is -0.144. The van der Waals surface area contributed by atoms with Crippen LogP contribution in [0, 0.1) is 0 Å². The van der Waals surface area contributed by atoms with Gasteiger partial charge in [-0.15, -0.1) is 10.2 Å². The summed E-state index contributed by atoms with van der Waals surface area (Å²) >= 11 is 0. The van der Waals surface area contributed by atoms with Crippen molar-refractivity contribution in [2.45, 2.75) is 38.9 Å². The average molecular weight is 314 g/mol. The van der Waals surface area contributed by atoms with Crippen LogP contribution in [0.4, 0.5) is 13.2 Å². The lowest BCUT2D eigenvalue weighted by Crippen LogP contribution is -2.18. The van der Waals surface area contributed by atoms with E-state index in [0.29, 0.717) is 6.54 Å². The van der Waals surface area contributed by atoms with Crippen LogP contribution in [0.1, 0.15) is 32.0 Å². The number of rotatable bonds is 4. The first kappa shape index (κ1) is 14.5. The highest BCUT2D eigenvalue weighted by Gasteiger charge is 2.36. The number of aryl methyl sites for hydroxylation is 1. The molecule has 3 aromatic rings. The maximum Gasteiger partial charge on any atom is 0.449 e. The SMILES string of the molecule is CCCCCn1c2nc(C(F)(F)F)[nH]c2c(=O)n2cnnc12. The fourth-order valence-electron chi connectivity index (χ4n) is 2.34. The molecule has 0 spiro atoms. The van der Waals surface area contributed by atoms with Crippen LogP contribution in [0.5, 0.6) is 0 Å². The van der Waals surface area contributed by atoms with E-state index in [1.165, 1.54) is 10.9 Å². The molecule has 10 heteroatoms. The molecule has 0 fully saturated rings. The number of hydrogen-bond donors (Lipinski definition) is 1. The molecule has 7 nitrogen and oxygen atoms in total. The monoisotopic (exact) mass is 314 g/mol. The van der Waals surface area contributed by atoms with Gasteiger partial charge in [-0.05, 0) is 6.42 Å². The minimum atomic E-state index is -4.65. The van der Waals surface area contributed by atoms with Crippen molar-refractivity contribution in [3.63, 3.8) is 0 Å². The van der Waals surface area contributed by atoms with Gasteiger partial charge in [0.2, 0.25) is 11.6 Å². The second-order valence-electron chi connectivity index (χ2n) is 4.95. The van der Waals surface area contributed by atoms with Crippen LogP contribution in [0.25, 0.3) is 16.9 Å². The van der Waals surface area contributed by atoms with E-state index in [4.69, 9.17) is 0 Å². The largest absolute Gasteiger partial charge is 0.449 e. The molecule has 0 radical (unpaired) electrons. The highest BCUT2D eigenvalue weighted by molar-refractivity contribution is 5.72. The van der Waals surface area contributed by atoms with Crippen molar-refractivity contribution in [2.24, 2.45) is 0 Å². The predicted octanol–water partition coefficient (Wildman–Crippen LogP) is 1.98. The summed E-state index contributed by atoms with van der Waals surface area (Å²) in [7, 11) is 0. The first-order valence-corrected chi connectivity index (χ1v) is 6.83. The molecule has 3 heterocycles. The van der Waals surface area contributed by atoms with Crippen molar-refractivity contribution >= 4 is 16.9 Å². The molecule has 0 aliphatic heterocycles. The van der Waals surface area contributed by atoms with Crippen LogP contribution in [-0.2, 0) is 12.7 Å². The van der Waals surface area contributed by atoms with Gasteiger partial charge < -0.3 is 4.98 Å². The fourth-order valence-corrected chi connectivity index (χ4v) is 2.34. The third kappa shape index (κ3) is 2.24. The summed E-state index contributed by atoms with van der Waals surface area (Å²) in [4.78, 5) is 17.8. The number of alkyl halides is 3. The van der Waals surface area contributed by atoms with Gasteiger partial charge in [0.1, 0.15) is 6.33 Å². The van der Waals surface area contributed by atoms with Crippen LogP contribution in [0.2, 0.25) is 0 Å². The summed E-state index contributed by atoms with van der Waals surface area (Å²) in [6, 6.07) is 0. The lowest BCUT2D eigenvalue weighted by atomic mass is 10.2. The van der Waals surface area contributed by atoms with Crippen LogP contribution < -0.4 is 5.56 Å². The quantitative estimate of drug-likeness (QED) is 0.747. The number of H-pyrrole nitrogens is 1. The van der Waals surface area contributed by atoms with Gasteiger partial charge in [0.25, 0.3) is 5.56 Å². The lowest BCUT2D eigenvalue weighted by Gasteiger charge is -2.08. The predicted molar refractivity (Wildman–Crippen MR) is 71.4 cm³/mol. The molecule has 0 aromatic carbocycles. The molecule has 1 N–H and O–H groups in total. The van der Waals surface area contributed by atoms with E-state index < -0.39 is 17.6 Å². The van der Waals surface area contributed by atoms with E-state index in [1.54, 1.807) is 0 Å². The number of imidazole rings is 1. The molecule has 3 rings (SSSR count).